The van der Waals surface area contributed by atoms with Crippen molar-refractivity contribution < 1.29 is 28.8 Å². The summed E-state index contributed by atoms with van der Waals surface area (Å²) in [5.41, 5.74) is -1.31. The molecule has 1 aromatic rings. The van der Waals surface area contributed by atoms with Gasteiger partial charge in [-0.2, -0.15) is 0 Å². The van der Waals surface area contributed by atoms with Gasteiger partial charge in [0.2, 0.25) is 0 Å². The van der Waals surface area contributed by atoms with Crippen molar-refractivity contribution >= 4 is 23.4 Å². The van der Waals surface area contributed by atoms with Crippen LogP contribution in [0.25, 0.3) is 0 Å². The van der Waals surface area contributed by atoms with Crippen molar-refractivity contribution in [2.45, 2.75) is 19.8 Å². The minimum Gasteiger partial charge on any atom is -0.468 e. The highest BCUT2D eigenvalue weighted by Gasteiger charge is 2.57. The maximum absolute atomic E-state index is 12.8. The van der Waals surface area contributed by atoms with E-state index in [-0.39, 0.29) is 30.2 Å². The lowest BCUT2D eigenvalue weighted by Gasteiger charge is -2.23. The molecule has 1 aliphatic carbocycles. The first-order valence-electron chi connectivity index (χ1n) is 7.72. The molecule has 0 bridgehead atoms. The van der Waals surface area contributed by atoms with E-state index < -0.39 is 28.2 Å². The number of carbonyl (C=O) groups excluding carboxylic acids is 3. The molecule has 8 heteroatoms. The van der Waals surface area contributed by atoms with E-state index in [4.69, 9.17) is 9.47 Å². The Morgan fingerprint density at radius 3 is 2.04 bits per heavy atom. The largest absolute Gasteiger partial charge is 0.468 e. The van der Waals surface area contributed by atoms with Gasteiger partial charge >= 0.3 is 11.9 Å². The van der Waals surface area contributed by atoms with Crippen LogP contribution >= 0.6 is 0 Å². The van der Waals surface area contributed by atoms with E-state index in [2.05, 4.69) is 0 Å². The quantitative estimate of drug-likeness (QED) is 0.263. The van der Waals surface area contributed by atoms with Crippen LogP contribution in [0.5, 0.6) is 0 Å². The lowest BCUT2D eigenvalue weighted by atomic mass is 9.84. The lowest BCUT2D eigenvalue weighted by Crippen LogP contribution is -2.39. The van der Waals surface area contributed by atoms with Crippen molar-refractivity contribution in [3.8, 4) is 0 Å². The molecule has 0 amide bonds. The number of esters is 2. The monoisotopic (exact) mass is 349 g/mol. The molecule has 1 aliphatic rings. The van der Waals surface area contributed by atoms with Gasteiger partial charge in [0.1, 0.15) is 0 Å². The topological polar surface area (TPSA) is 113 Å². The smallest absolute Gasteiger partial charge is 0.323 e. The zero-order valence-corrected chi connectivity index (χ0v) is 14.2. The summed E-state index contributed by atoms with van der Waals surface area (Å²) >= 11 is 0. The van der Waals surface area contributed by atoms with Crippen LogP contribution in [-0.4, -0.2) is 36.9 Å². The van der Waals surface area contributed by atoms with Crippen molar-refractivity contribution in [2.24, 2.45) is 17.3 Å². The van der Waals surface area contributed by atoms with Crippen LogP contribution in [0.1, 0.15) is 30.1 Å². The molecule has 0 saturated heterocycles. The number of nitro benzene ring substituents is 1. The molecule has 2 atom stereocenters. The number of methoxy groups -OCH3 is 2. The first-order chi connectivity index (χ1) is 11.8. The Bertz CT molecular complexity index is 694. The van der Waals surface area contributed by atoms with Crippen molar-refractivity contribution in [1.82, 2.24) is 0 Å². The second-order valence-corrected chi connectivity index (χ2v) is 6.23. The van der Waals surface area contributed by atoms with Crippen LogP contribution in [-0.2, 0) is 19.1 Å². The van der Waals surface area contributed by atoms with Gasteiger partial charge in [0.25, 0.3) is 5.69 Å². The van der Waals surface area contributed by atoms with Crippen LogP contribution in [0, 0.1) is 27.4 Å². The number of Topliss-reactive ketones (excluding diaryl/α,β-unsaturated/α-hetero) is 1. The lowest BCUT2D eigenvalue weighted by molar-refractivity contribution is -0.384. The Morgan fingerprint density at radius 1 is 1.08 bits per heavy atom. The van der Waals surface area contributed by atoms with E-state index in [9.17, 15) is 24.5 Å². The molecule has 0 heterocycles. The van der Waals surface area contributed by atoms with Crippen molar-refractivity contribution in [3.63, 3.8) is 0 Å². The Morgan fingerprint density at radius 2 is 1.60 bits per heavy atom. The molecular formula is C17H19NO7. The zero-order valence-electron chi connectivity index (χ0n) is 14.2. The molecule has 0 aromatic heterocycles. The van der Waals surface area contributed by atoms with Crippen LogP contribution in [0.15, 0.2) is 24.3 Å². The number of carbonyl (C=O) groups is 3. The summed E-state index contributed by atoms with van der Waals surface area (Å²) in [6, 6.07) is 5.26. The summed E-state index contributed by atoms with van der Waals surface area (Å²) in [7, 11) is 2.37. The molecule has 25 heavy (non-hydrogen) atoms. The number of ether oxygens (including phenoxy) is 2. The molecule has 1 fully saturated rings. The second kappa shape index (κ2) is 7.00. The van der Waals surface area contributed by atoms with Gasteiger partial charge in [-0.3, -0.25) is 24.5 Å². The normalized spacial score (nSPS) is 21.4. The number of hydrogen-bond acceptors (Lipinski definition) is 7. The van der Waals surface area contributed by atoms with Crippen LogP contribution in [0.3, 0.4) is 0 Å². The summed E-state index contributed by atoms with van der Waals surface area (Å²) < 4.78 is 9.52. The predicted molar refractivity (Wildman–Crippen MR) is 85.8 cm³/mol. The van der Waals surface area contributed by atoms with Crippen LogP contribution < -0.4 is 0 Å². The fraction of sp³-hybridized carbons (Fsp3) is 0.471. The molecule has 2 rings (SSSR count). The van der Waals surface area contributed by atoms with Crippen LogP contribution in [0.2, 0.25) is 0 Å². The van der Waals surface area contributed by atoms with E-state index in [1.807, 2.05) is 0 Å². The highest BCUT2D eigenvalue weighted by molar-refractivity contribution is 6.04. The Balaban J connectivity index is 2.30. The maximum atomic E-state index is 12.8. The summed E-state index contributed by atoms with van der Waals surface area (Å²) in [5, 5.41) is 10.7. The summed E-state index contributed by atoms with van der Waals surface area (Å²) in [6.07, 6.45) is 0.138. The predicted octanol–water partition coefficient (Wildman–Crippen LogP) is 2.16. The molecule has 0 radical (unpaired) electrons. The number of nitrogens with zero attached hydrogens (tertiary/aromatic N) is 1. The third-order valence-corrected chi connectivity index (χ3v) is 4.78. The second-order valence-electron chi connectivity index (χ2n) is 6.23. The van der Waals surface area contributed by atoms with Crippen molar-refractivity contribution in [3.05, 3.63) is 39.9 Å². The average Bonchev–Trinajstić information content (AvgIpc) is 2.98. The van der Waals surface area contributed by atoms with Gasteiger partial charge in [0.05, 0.1) is 19.1 Å². The Labute approximate surface area is 144 Å². The highest BCUT2D eigenvalue weighted by Crippen LogP contribution is 2.48. The SMILES string of the molecule is COC(=O)C1(C(=O)OC)C[C@@H](C)[C@H](C(=O)c2ccc([N+](=O)[O-])cc2)C1. The van der Waals surface area contributed by atoms with Crippen molar-refractivity contribution in [2.75, 3.05) is 14.2 Å². The fourth-order valence-electron chi connectivity index (χ4n) is 3.47. The van der Waals surface area contributed by atoms with E-state index in [1.54, 1.807) is 6.92 Å². The van der Waals surface area contributed by atoms with E-state index in [0.717, 1.165) is 0 Å². The molecule has 0 N–H and O–H groups in total. The number of benzene rings is 1. The number of hydrogen-bond donors (Lipinski definition) is 0. The van der Waals surface area contributed by atoms with E-state index in [1.165, 1.54) is 38.5 Å². The van der Waals surface area contributed by atoms with Gasteiger partial charge in [-0.1, -0.05) is 6.92 Å². The first-order valence-corrected chi connectivity index (χ1v) is 7.72. The molecule has 0 aliphatic heterocycles. The number of non-ortho nitro benzene ring substituents is 1. The number of rotatable bonds is 5. The molecule has 8 nitrogen and oxygen atoms in total. The maximum Gasteiger partial charge on any atom is 0.323 e. The summed E-state index contributed by atoms with van der Waals surface area (Å²) in [4.78, 5) is 47.3. The number of nitro groups is 1. The van der Waals surface area contributed by atoms with Crippen molar-refractivity contribution in [1.29, 1.82) is 0 Å². The zero-order chi connectivity index (χ0) is 18.8. The molecule has 1 saturated carbocycles. The molecule has 0 unspecified atom stereocenters. The summed E-state index contributed by atoms with van der Waals surface area (Å²) in [6.45, 7) is 1.78. The standard InChI is InChI=1S/C17H19NO7/c1-10-8-17(15(20)24-2,16(21)25-3)9-13(10)14(19)11-4-6-12(7-5-11)18(22)23/h4-7,10,13H,8-9H2,1-3H3/t10-,13-/m1/s1. The van der Waals surface area contributed by atoms with Gasteiger partial charge in [0.15, 0.2) is 11.2 Å². The van der Waals surface area contributed by atoms with Gasteiger partial charge in [-0.25, -0.2) is 0 Å². The van der Waals surface area contributed by atoms with Gasteiger partial charge in [-0.05, 0) is 30.9 Å². The van der Waals surface area contributed by atoms with E-state index in [0.29, 0.717) is 5.56 Å². The third-order valence-electron chi connectivity index (χ3n) is 4.78. The summed E-state index contributed by atoms with van der Waals surface area (Å²) in [5.74, 6) is -2.53. The average molecular weight is 349 g/mol. The first kappa shape index (κ1) is 18.6. The minimum absolute atomic E-state index is 0.0106. The molecule has 1 aromatic carbocycles. The Kier molecular flexibility index (Phi) is 5.20. The van der Waals surface area contributed by atoms with Gasteiger partial charge in [0, 0.05) is 23.6 Å². The molecule has 0 spiro atoms. The third kappa shape index (κ3) is 3.24. The minimum atomic E-state index is -1.50. The van der Waals surface area contributed by atoms with Gasteiger partial charge in [-0.15, -0.1) is 0 Å². The van der Waals surface area contributed by atoms with E-state index >= 15 is 0 Å². The Hall–Kier alpha value is -2.77. The fourth-order valence-corrected chi connectivity index (χ4v) is 3.47. The van der Waals surface area contributed by atoms with Crippen LogP contribution in [0.4, 0.5) is 5.69 Å². The number of ketones is 1. The highest BCUT2D eigenvalue weighted by atomic mass is 16.6. The van der Waals surface area contributed by atoms with Gasteiger partial charge < -0.3 is 9.47 Å². The molecular weight excluding hydrogens is 330 g/mol. The molecule has 134 valence electrons.